The molecule has 0 spiro atoms. The van der Waals surface area contributed by atoms with E-state index in [0.717, 1.165) is 55.4 Å². The molecule has 1 saturated heterocycles. The van der Waals surface area contributed by atoms with Gasteiger partial charge in [0.15, 0.2) is 0 Å². The van der Waals surface area contributed by atoms with Gasteiger partial charge in [-0.2, -0.15) is 0 Å². The molecule has 2 heterocycles. The molecule has 2 aliphatic rings. The molecule has 8 heteroatoms. The summed E-state index contributed by atoms with van der Waals surface area (Å²) in [5.74, 6) is 0.804. The first kappa shape index (κ1) is 23.4. The molecule has 0 bridgehead atoms. The average Bonchev–Trinajstić information content (AvgIpc) is 3.70. The van der Waals surface area contributed by atoms with E-state index in [1.807, 2.05) is 19.1 Å². The monoisotopic (exact) mass is 478 g/mol. The lowest BCUT2D eigenvalue weighted by atomic mass is 9.87. The van der Waals surface area contributed by atoms with E-state index < -0.39 is 12.0 Å². The zero-order valence-electron chi connectivity index (χ0n) is 19.5. The van der Waals surface area contributed by atoms with Crippen LogP contribution in [0.4, 0.5) is 20.4 Å². The number of aliphatic hydroxyl groups is 1. The smallest absolute Gasteiger partial charge is 0.263 e. The van der Waals surface area contributed by atoms with Crippen LogP contribution in [0.1, 0.15) is 48.9 Å². The van der Waals surface area contributed by atoms with Gasteiger partial charge in [-0.3, -0.25) is 4.79 Å². The van der Waals surface area contributed by atoms with Crippen molar-refractivity contribution >= 4 is 34.5 Å². The third-order valence-electron chi connectivity index (χ3n) is 7.01. The molecule has 1 aliphatic heterocycles. The van der Waals surface area contributed by atoms with Crippen LogP contribution in [0, 0.1) is 12.8 Å². The number of nitrogens with zero attached hydrogens (tertiary/aromatic N) is 3. The molecule has 1 saturated carbocycles. The predicted octanol–water partition coefficient (Wildman–Crippen LogP) is 5.27. The minimum absolute atomic E-state index is 0.0523. The second-order valence-electron chi connectivity index (χ2n) is 9.50. The average molecular weight is 479 g/mol. The van der Waals surface area contributed by atoms with E-state index in [1.54, 1.807) is 24.3 Å². The maximum absolute atomic E-state index is 12.7. The molecule has 0 atom stereocenters. The van der Waals surface area contributed by atoms with E-state index in [-0.39, 0.29) is 11.5 Å². The summed E-state index contributed by atoms with van der Waals surface area (Å²) in [6.07, 6.45) is 4.18. The maximum Gasteiger partial charge on any atom is 0.263 e. The van der Waals surface area contributed by atoms with Crippen molar-refractivity contribution in [3.63, 3.8) is 0 Å². The largest absolute Gasteiger partial charge is 0.389 e. The lowest BCUT2D eigenvalue weighted by Crippen LogP contribution is -2.46. The molecule has 2 aromatic carbocycles. The Labute approximate surface area is 202 Å². The molecule has 182 valence electrons. The van der Waals surface area contributed by atoms with E-state index >= 15 is 0 Å². The number of nitrogens with one attached hydrogen (secondary N) is 1. The van der Waals surface area contributed by atoms with Crippen molar-refractivity contribution in [1.29, 1.82) is 0 Å². The highest BCUT2D eigenvalue weighted by atomic mass is 19.3. The van der Waals surface area contributed by atoms with Gasteiger partial charge in [-0.15, -0.1) is 0 Å². The molecule has 0 radical (unpaired) electrons. The fourth-order valence-electron chi connectivity index (χ4n) is 4.72. The predicted molar refractivity (Wildman–Crippen MR) is 132 cm³/mol. The summed E-state index contributed by atoms with van der Waals surface area (Å²) in [5, 5.41) is 14.5. The van der Waals surface area contributed by atoms with Gasteiger partial charge in [0.05, 0.1) is 16.8 Å². The summed E-state index contributed by atoms with van der Waals surface area (Å²) in [6, 6.07) is 11.3. The molecular formula is C27H28F2N4O2. The third-order valence-corrected chi connectivity index (χ3v) is 7.01. The van der Waals surface area contributed by atoms with Crippen LogP contribution in [-0.4, -0.2) is 39.7 Å². The minimum Gasteiger partial charge on any atom is -0.389 e. The summed E-state index contributed by atoms with van der Waals surface area (Å²) >= 11 is 0. The van der Waals surface area contributed by atoms with Crippen LogP contribution in [0.3, 0.4) is 0 Å². The summed E-state index contributed by atoms with van der Waals surface area (Å²) in [4.78, 5) is 23.9. The van der Waals surface area contributed by atoms with Crippen molar-refractivity contribution in [2.24, 2.45) is 5.92 Å². The number of rotatable bonds is 6. The van der Waals surface area contributed by atoms with E-state index in [9.17, 15) is 18.7 Å². The first-order valence-corrected chi connectivity index (χ1v) is 11.9. The number of hydrogen-bond acceptors (Lipinski definition) is 5. The topological polar surface area (TPSA) is 78.3 Å². The highest BCUT2D eigenvalue weighted by Gasteiger charge is 2.45. The standard InChI is InChI=1S/C27H28F2N4O2/c1-17-22-16-21(31-24(34)11-4-18-2-5-19(6-3-18)25(28)29)9-10-23(22)32-26(30-17)33-14-12-27(35,13-15-33)20-7-8-20/h2-6,9-11,16,20,25,35H,7-8,12-15H2,1H3,(H,31,34)/b11-4+. The summed E-state index contributed by atoms with van der Waals surface area (Å²) in [5.41, 5.74) is 2.31. The summed E-state index contributed by atoms with van der Waals surface area (Å²) < 4.78 is 25.3. The van der Waals surface area contributed by atoms with Crippen LogP contribution in [0.15, 0.2) is 48.5 Å². The minimum atomic E-state index is -2.51. The molecule has 2 N–H and O–H groups in total. The summed E-state index contributed by atoms with van der Waals surface area (Å²) in [6.45, 7) is 3.40. The van der Waals surface area contributed by atoms with Crippen molar-refractivity contribution in [3.8, 4) is 0 Å². The van der Waals surface area contributed by atoms with Crippen LogP contribution in [0.2, 0.25) is 0 Å². The molecule has 6 nitrogen and oxygen atoms in total. The second-order valence-corrected chi connectivity index (χ2v) is 9.50. The molecule has 1 aromatic heterocycles. The molecule has 5 rings (SSSR count). The number of aryl methyl sites for hydroxylation is 1. The third kappa shape index (κ3) is 5.17. The van der Waals surface area contributed by atoms with E-state index in [0.29, 0.717) is 23.1 Å². The normalized spacial score (nSPS) is 17.9. The molecule has 2 fully saturated rings. The Hall–Kier alpha value is -3.39. The first-order valence-electron chi connectivity index (χ1n) is 11.9. The van der Waals surface area contributed by atoms with Gasteiger partial charge in [-0.05, 0) is 68.4 Å². The Morgan fingerprint density at radius 1 is 1.14 bits per heavy atom. The number of carbonyl (C=O) groups excluding carboxylic acids is 1. The lowest BCUT2D eigenvalue weighted by Gasteiger charge is -2.38. The number of carbonyl (C=O) groups is 1. The molecule has 1 aliphatic carbocycles. The van der Waals surface area contributed by atoms with E-state index in [1.165, 1.54) is 18.2 Å². The highest BCUT2D eigenvalue weighted by Crippen LogP contribution is 2.45. The number of amides is 1. The number of fused-ring (bicyclic) bond motifs is 1. The van der Waals surface area contributed by atoms with Gasteiger partial charge in [0.25, 0.3) is 6.43 Å². The van der Waals surface area contributed by atoms with Crippen molar-refractivity contribution in [2.75, 3.05) is 23.3 Å². The van der Waals surface area contributed by atoms with Crippen LogP contribution >= 0.6 is 0 Å². The molecule has 1 amide bonds. The number of hydrogen-bond donors (Lipinski definition) is 2. The van der Waals surface area contributed by atoms with Crippen molar-refractivity contribution < 1.29 is 18.7 Å². The Morgan fingerprint density at radius 2 is 1.86 bits per heavy atom. The van der Waals surface area contributed by atoms with E-state index in [4.69, 9.17) is 9.97 Å². The van der Waals surface area contributed by atoms with Crippen LogP contribution < -0.4 is 10.2 Å². The van der Waals surface area contributed by atoms with Gasteiger partial charge >= 0.3 is 0 Å². The van der Waals surface area contributed by atoms with Crippen molar-refractivity contribution in [1.82, 2.24) is 9.97 Å². The Balaban J connectivity index is 1.25. The van der Waals surface area contributed by atoms with Crippen LogP contribution in [-0.2, 0) is 4.79 Å². The highest BCUT2D eigenvalue weighted by molar-refractivity contribution is 6.03. The quantitative estimate of drug-likeness (QED) is 0.472. The van der Waals surface area contributed by atoms with E-state index in [2.05, 4.69) is 10.2 Å². The zero-order chi connectivity index (χ0) is 24.6. The van der Waals surface area contributed by atoms with Gasteiger partial charge in [-0.25, -0.2) is 18.7 Å². The SMILES string of the molecule is Cc1nc(N2CCC(O)(C3CC3)CC2)nc2ccc(NC(=O)/C=C/c3ccc(C(F)F)cc3)cc12. The summed E-state index contributed by atoms with van der Waals surface area (Å²) in [7, 11) is 0. The number of halogens is 2. The fraction of sp³-hybridized carbons (Fsp3) is 0.370. The zero-order valence-corrected chi connectivity index (χ0v) is 19.5. The number of piperidine rings is 1. The van der Waals surface area contributed by atoms with Crippen molar-refractivity contribution in [3.05, 3.63) is 65.4 Å². The molecular weight excluding hydrogens is 450 g/mol. The Bertz CT molecular complexity index is 1260. The lowest BCUT2D eigenvalue weighted by molar-refractivity contribution is -0.111. The Morgan fingerprint density at radius 3 is 2.51 bits per heavy atom. The maximum atomic E-state index is 12.7. The molecule has 35 heavy (non-hydrogen) atoms. The number of aromatic nitrogens is 2. The first-order chi connectivity index (χ1) is 16.8. The van der Waals surface area contributed by atoms with Crippen LogP contribution in [0.5, 0.6) is 0 Å². The van der Waals surface area contributed by atoms with Gasteiger partial charge in [0.1, 0.15) is 0 Å². The number of anilines is 2. The second kappa shape index (κ2) is 9.34. The van der Waals surface area contributed by atoms with Gasteiger partial charge in [0.2, 0.25) is 11.9 Å². The molecule has 3 aromatic rings. The van der Waals surface area contributed by atoms with Gasteiger partial charge < -0.3 is 15.3 Å². The van der Waals surface area contributed by atoms with Crippen molar-refractivity contribution in [2.45, 2.75) is 44.6 Å². The van der Waals surface area contributed by atoms with Crippen LogP contribution in [0.25, 0.3) is 17.0 Å². The molecule has 0 unspecified atom stereocenters. The fourth-order valence-corrected chi connectivity index (χ4v) is 4.72. The van der Waals surface area contributed by atoms with Gasteiger partial charge in [-0.1, -0.05) is 24.3 Å². The Kier molecular flexibility index (Phi) is 6.23. The number of alkyl halides is 2. The van der Waals surface area contributed by atoms with Gasteiger partial charge in [0, 0.05) is 35.8 Å². The number of benzene rings is 2.